The average molecular weight is 595 g/mol. The summed E-state index contributed by atoms with van der Waals surface area (Å²) in [7, 11) is 1.52. The van der Waals surface area contributed by atoms with E-state index in [9.17, 15) is 14.4 Å². The normalized spacial score (nSPS) is 14.0. The van der Waals surface area contributed by atoms with Gasteiger partial charge in [0.15, 0.2) is 22.1 Å². The third kappa shape index (κ3) is 5.06. The van der Waals surface area contributed by atoms with Crippen molar-refractivity contribution in [3.63, 3.8) is 0 Å². The van der Waals surface area contributed by atoms with Crippen LogP contribution in [0.15, 0.2) is 94.7 Å². The molecule has 10 heteroatoms. The lowest BCUT2D eigenvalue weighted by atomic mass is 9.98. The van der Waals surface area contributed by atoms with Crippen LogP contribution in [0.4, 0.5) is 5.13 Å². The smallest absolute Gasteiger partial charge is 0.350 e. The van der Waals surface area contributed by atoms with E-state index in [0.29, 0.717) is 40.3 Å². The van der Waals surface area contributed by atoms with Gasteiger partial charge in [-0.05, 0) is 42.3 Å². The van der Waals surface area contributed by atoms with Crippen LogP contribution in [0.2, 0.25) is 0 Å². The van der Waals surface area contributed by atoms with Crippen LogP contribution in [0.5, 0.6) is 11.5 Å². The zero-order valence-corrected chi connectivity index (χ0v) is 24.2. The van der Waals surface area contributed by atoms with Crippen LogP contribution in [-0.4, -0.2) is 30.6 Å². The van der Waals surface area contributed by atoms with Crippen molar-refractivity contribution in [2.75, 3.05) is 18.6 Å². The number of methoxy groups -OCH3 is 1. The van der Waals surface area contributed by atoms with Gasteiger partial charge in [-0.3, -0.25) is 14.5 Å². The first-order valence-electron chi connectivity index (χ1n) is 13.4. The lowest BCUT2D eigenvalue weighted by Gasteiger charge is -2.23. The Morgan fingerprint density at radius 3 is 2.60 bits per heavy atom. The second-order valence-electron chi connectivity index (χ2n) is 9.73. The van der Waals surface area contributed by atoms with Crippen LogP contribution >= 0.6 is 11.3 Å². The number of aromatic nitrogens is 1. The van der Waals surface area contributed by atoms with E-state index in [1.165, 1.54) is 18.1 Å². The van der Waals surface area contributed by atoms with E-state index in [2.05, 4.69) is 11.6 Å². The van der Waals surface area contributed by atoms with E-state index in [1.807, 2.05) is 30.3 Å². The standard InChI is InChI=1S/C33H26N2O7S/c1-4-16-40-32(38)30-19(2)34-33(43-30)35-27(26-28(36)22-12-8-9-13-23(22)42-29(26)31(35)37)21-14-15-24(25(17-21)39-3)41-18-20-10-6-5-7-11-20/h4-15,17,27H,1,16,18H2,2-3H3. The number of carbonyl (C=O) groups excluding carboxylic acids is 2. The summed E-state index contributed by atoms with van der Waals surface area (Å²) < 4.78 is 23.0. The van der Waals surface area contributed by atoms with Gasteiger partial charge in [0.2, 0.25) is 5.76 Å². The second-order valence-corrected chi connectivity index (χ2v) is 10.7. The average Bonchev–Trinajstić information content (AvgIpc) is 3.56. The number of hydrogen-bond acceptors (Lipinski definition) is 9. The maximum absolute atomic E-state index is 14.0. The second kappa shape index (κ2) is 11.6. The molecule has 0 radical (unpaired) electrons. The Morgan fingerprint density at radius 1 is 1.07 bits per heavy atom. The Balaban J connectivity index is 1.47. The topological polar surface area (TPSA) is 108 Å². The lowest BCUT2D eigenvalue weighted by Crippen LogP contribution is -2.29. The third-order valence-electron chi connectivity index (χ3n) is 7.03. The number of benzene rings is 3. The van der Waals surface area contributed by atoms with Gasteiger partial charge >= 0.3 is 5.97 Å². The monoisotopic (exact) mass is 594 g/mol. The predicted molar refractivity (Wildman–Crippen MR) is 162 cm³/mol. The molecule has 0 saturated heterocycles. The third-order valence-corrected chi connectivity index (χ3v) is 8.16. The molecular weight excluding hydrogens is 568 g/mol. The molecule has 2 aromatic heterocycles. The molecular formula is C33H26N2O7S. The molecule has 1 amide bonds. The summed E-state index contributed by atoms with van der Waals surface area (Å²) in [6, 6.07) is 20.8. The van der Waals surface area contributed by atoms with Crippen molar-refractivity contribution in [2.45, 2.75) is 19.6 Å². The number of esters is 1. The Kier molecular flexibility index (Phi) is 7.52. The molecule has 1 aliphatic rings. The molecule has 1 unspecified atom stereocenters. The van der Waals surface area contributed by atoms with Gasteiger partial charge in [0, 0.05) is 0 Å². The number of amides is 1. The van der Waals surface area contributed by atoms with Gasteiger partial charge in [0.25, 0.3) is 5.91 Å². The quantitative estimate of drug-likeness (QED) is 0.146. The van der Waals surface area contributed by atoms with Crippen molar-refractivity contribution in [1.29, 1.82) is 0 Å². The number of hydrogen-bond donors (Lipinski definition) is 0. The fraction of sp³-hybridized carbons (Fsp3) is 0.152. The lowest BCUT2D eigenvalue weighted by molar-refractivity contribution is 0.0554. The molecule has 43 heavy (non-hydrogen) atoms. The molecule has 6 rings (SSSR count). The number of rotatable bonds is 9. The summed E-state index contributed by atoms with van der Waals surface area (Å²) in [5.41, 5.74) is 2.09. The van der Waals surface area contributed by atoms with Crippen molar-refractivity contribution in [3.05, 3.63) is 129 Å². The first kappa shape index (κ1) is 27.9. The number of nitrogens with zero attached hydrogens (tertiary/aromatic N) is 2. The molecule has 0 saturated carbocycles. The summed E-state index contributed by atoms with van der Waals surface area (Å²) in [6.07, 6.45) is 1.47. The summed E-state index contributed by atoms with van der Waals surface area (Å²) in [5.74, 6) is -0.298. The molecule has 1 aliphatic heterocycles. The molecule has 1 atom stereocenters. The Bertz CT molecular complexity index is 1930. The molecule has 0 aliphatic carbocycles. The van der Waals surface area contributed by atoms with Crippen LogP contribution in [0.3, 0.4) is 0 Å². The van der Waals surface area contributed by atoms with Crippen molar-refractivity contribution in [3.8, 4) is 11.5 Å². The van der Waals surface area contributed by atoms with Crippen LogP contribution in [-0.2, 0) is 11.3 Å². The first-order chi connectivity index (χ1) is 20.9. The minimum atomic E-state index is -0.914. The minimum absolute atomic E-state index is 0.0334. The number of ether oxygens (including phenoxy) is 3. The van der Waals surface area contributed by atoms with Crippen molar-refractivity contribution in [1.82, 2.24) is 4.98 Å². The van der Waals surface area contributed by atoms with E-state index in [1.54, 1.807) is 49.4 Å². The Morgan fingerprint density at radius 2 is 1.84 bits per heavy atom. The summed E-state index contributed by atoms with van der Waals surface area (Å²) in [5, 5.41) is 0.566. The summed E-state index contributed by atoms with van der Waals surface area (Å²) in [4.78, 5) is 46.8. The van der Waals surface area contributed by atoms with Gasteiger partial charge in [-0.15, -0.1) is 0 Å². The SMILES string of the molecule is C=CCOC(=O)c1sc(N2C(=O)c3oc4ccccc4c(=O)c3C2c2ccc(OCc3ccccc3)c(OC)c2)nc1C. The largest absolute Gasteiger partial charge is 0.493 e. The van der Waals surface area contributed by atoms with Crippen LogP contribution < -0.4 is 19.8 Å². The minimum Gasteiger partial charge on any atom is -0.493 e. The number of fused-ring (bicyclic) bond motifs is 2. The molecule has 5 aromatic rings. The van der Waals surface area contributed by atoms with Crippen molar-refractivity contribution in [2.24, 2.45) is 0 Å². The molecule has 3 aromatic carbocycles. The zero-order chi connectivity index (χ0) is 30.1. The number of anilines is 1. The van der Waals surface area contributed by atoms with Crippen LogP contribution in [0, 0.1) is 6.92 Å². The fourth-order valence-electron chi connectivity index (χ4n) is 5.02. The fourth-order valence-corrected chi connectivity index (χ4v) is 6.00. The highest BCUT2D eigenvalue weighted by atomic mass is 32.1. The molecule has 0 spiro atoms. The summed E-state index contributed by atoms with van der Waals surface area (Å²) in [6.45, 7) is 5.59. The summed E-state index contributed by atoms with van der Waals surface area (Å²) >= 11 is 1.00. The van der Waals surface area contributed by atoms with E-state index in [-0.39, 0.29) is 33.4 Å². The first-order valence-corrected chi connectivity index (χ1v) is 14.2. The van der Waals surface area contributed by atoms with E-state index < -0.39 is 17.9 Å². The number of aryl methyl sites for hydroxylation is 1. The number of thiazole rings is 1. The molecule has 216 valence electrons. The van der Waals surface area contributed by atoms with E-state index in [0.717, 1.165) is 16.9 Å². The molecule has 9 nitrogen and oxygen atoms in total. The zero-order valence-electron chi connectivity index (χ0n) is 23.4. The van der Waals surface area contributed by atoms with E-state index >= 15 is 0 Å². The van der Waals surface area contributed by atoms with Crippen molar-refractivity contribution >= 4 is 39.3 Å². The van der Waals surface area contributed by atoms with Crippen LogP contribution in [0.25, 0.3) is 11.0 Å². The van der Waals surface area contributed by atoms with Crippen molar-refractivity contribution < 1.29 is 28.2 Å². The maximum Gasteiger partial charge on any atom is 0.350 e. The predicted octanol–water partition coefficient (Wildman–Crippen LogP) is 6.24. The highest BCUT2D eigenvalue weighted by molar-refractivity contribution is 7.17. The molecule has 0 bridgehead atoms. The molecule has 0 N–H and O–H groups in total. The van der Waals surface area contributed by atoms with Gasteiger partial charge in [-0.1, -0.05) is 72.5 Å². The van der Waals surface area contributed by atoms with Gasteiger partial charge in [-0.25, -0.2) is 9.78 Å². The van der Waals surface area contributed by atoms with Gasteiger partial charge in [0.05, 0.1) is 29.8 Å². The van der Waals surface area contributed by atoms with Crippen LogP contribution in [0.1, 0.15) is 48.7 Å². The van der Waals surface area contributed by atoms with E-state index in [4.69, 9.17) is 18.6 Å². The van der Waals surface area contributed by atoms with Gasteiger partial charge in [-0.2, -0.15) is 0 Å². The number of para-hydroxylation sites is 1. The molecule has 0 fully saturated rings. The van der Waals surface area contributed by atoms with Gasteiger partial charge < -0.3 is 18.6 Å². The Labute approximate surface area is 250 Å². The number of carbonyl (C=O) groups is 2. The van der Waals surface area contributed by atoms with Gasteiger partial charge in [0.1, 0.15) is 23.7 Å². The Hall–Kier alpha value is -5.22. The highest BCUT2D eigenvalue weighted by Crippen LogP contribution is 2.45. The highest BCUT2D eigenvalue weighted by Gasteiger charge is 2.45. The molecule has 3 heterocycles. The maximum atomic E-state index is 14.0.